The normalized spacial score (nSPS) is 18.2. The molecule has 1 aromatic carbocycles. The second kappa shape index (κ2) is 6.75. The first-order valence-corrected chi connectivity index (χ1v) is 10.1. The van der Waals surface area contributed by atoms with Crippen molar-refractivity contribution in [3.8, 4) is 11.1 Å². The van der Waals surface area contributed by atoms with Crippen LogP contribution in [0.15, 0.2) is 36.0 Å². The molecule has 4 rings (SSSR count). The van der Waals surface area contributed by atoms with E-state index in [1.807, 2.05) is 0 Å². The standard InChI is InChI=1S/C21H25N3S/c1-14(2)16-7-9-17(10-8-16)18-12-25-21-19(18)20(22-13-23-21)24-11-5-4-6-15(24)3/h7-10,12-15H,4-6,11H2,1-3H3. The molecule has 1 fully saturated rings. The van der Waals surface area contributed by atoms with Gasteiger partial charge < -0.3 is 4.90 Å². The van der Waals surface area contributed by atoms with Gasteiger partial charge in [0, 0.05) is 23.5 Å². The van der Waals surface area contributed by atoms with E-state index in [4.69, 9.17) is 4.98 Å². The molecule has 1 unspecified atom stereocenters. The monoisotopic (exact) mass is 351 g/mol. The van der Waals surface area contributed by atoms with Gasteiger partial charge in [-0.25, -0.2) is 9.97 Å². The molecule has 0 N–H and O–H groups in total. The average molecular weight is 352 g/mol. The summed E-state index contributed by atoms with van der Waals surface area (Å²) in [5, 5.41) is 3.46. The molecular formula is C21H25N3S. The average Bonchev–Trinajstić information content (AvgIpc) is 3.06. The Balaban J connectivity index is 1.82. The van der Waals surface area contributed by atoms with Gasteiger partial charge in [-0.1, -0.05) is 38.1 Å². The van der Waals surface area contributed by atoms with Crippen molar-refractivity contribution in [3.63, 3.8) is 0 Å². The molecule has 1 saturated heterocycles. The molecule has 3 heterocycles. The Morgan fingerprint density at radius 3 is 2.64 bits per heavy atom. The van der Waals surface area contributed by atoms with E-state index < -0.39 is 0 Å². The molecule has 1 aliphatic heterocycles. The highest BCUT2D eigenvalue weighted by Crippen LogP contribution is 2.39. The zero-order chi connectivity index (χ0) is 17.4. The van der Waals surface area contributed by atoms with Gasteiger partial charge in [0.1, 0.15) is 17.0 Å². The van der Waals surface area contributed by atoms with Gasteiger partial charge >= 0.3 is 0 Å². The molecule has 1 aliphatic rings. The van der Waals surface area contributed by atoms with Crippen LogP contribution in [0.25, 0.3) is 21.3 Å². The molecule has 1 atom stereocenters. The minimum atomic E-state index is 0.544. The minimum Gasteiger partial charge on any atom is -0.353 e. The topological polar surface area (TPSA) is 29.0 Å². The highest BCUT2D eigenvalue weighted by atomic mass is 32.1. The lowest BCUT2D eigenvalue weighted by Gasteiger charge is -2.34. The summed E-state index contributed by atoms with van der Waals surface area (Å²) in [6.07, 6.45) is 5.53. The van der Waals surface area contributed by atoms with E-state index in [1.165, 1.54) is 41.3 Å². The molecular weight excluding hydrogens is 326 g/mol. The SMILES string of the molecule is CC(C)c1ccc(-c2csc3ncnc(N4CCCCC4C)c23)cc1. The smallest absolute Gasteiger partial charge is 0.141 e. The molecule has 2 aromatic heterocycles. The Kier molecular flexibility index (Phi) is 4.46. The number of hydrogen-bond acceptors (Lipinski definition) is 4. The van der Waals surface area contributed by atoms with Crippen molar-refractivity contribution in [2.75, 3.05) is 11.4 Å². The Morgan fingerprint density at radius 2 is 1.92 bits per heavy atom. The van der Waals surface area contributed by atoms with Crippen LogP contribution in [0, 0.1) is 0 Å². The fraction of sp³-hybridized carbons (Fsp3) is 0.429. The molecule has 3 nitrogen and oxygen atoms in total. The van der Waals surface area contributed by atoms with Crippen molar-refractivity contribution in [3.05, 3.63) is 41.5 Å². The summed E-state index contributed by atoms with van der Waals surface area (Å²) in [4.78, 5) is 12.8. The molecule has 3 aromatic rings. The summed E-state index contributed by atoms with van der Waals surface area (Å²) in [6.45, 7) is 7.88. The van der Waals surface area contributed by atoms with E-state index in [1.54, 1.807) is 17.7 Å². The number of thiophene rings is 1. The van der Waals surface area contributed by atoms with Crippen molar-refractivity contribution in [2.24, 2.45) is 0 Å². The Morgan fingerprint density at radius 1 is 1.12 bits per heavy atom. The highest BCUT2D eigenvalue weighted by molar-refractivity contribution is 7.17. The first-order valence-electron chi connectivity index (χ1n) is 9.24. The molecule has 0 radical (unpaired) electrons. The maximum absolute atomic E-state index is 4.71. The summed E-state index contributed by atoms with van der Waals surface area (Å²) in [5.74, 6) is 1.67. The summed E-state index contributed by atoms with van der Waals surface area (Å²) in [6, 6.07) is 9.52. The molecule has 130 valence electrons. The molecule has 4 heteroatoms. The van der Waals surface area contributed by atoms with Crippen LogP contribution in [0.2, 0.25) is 0 Å². The van der Waals surface area contributed by atoms with E-state index in [2.05, 4.69) is 60.3 Å². The Hall–Kier alpha value is -1.94. The Labute approximate surface area is 153 Å². The largest absolute Gasteiger partial charge is 0.353 e. The van der Waals surface area contributed by atoms with Crippen molar-refractivity contribution >= 4 is 27.4 Å². The van der Waals surface area contributed by atoms with Crippen molar-refractivity contribution in [1.82, 2.24) is 9.97 Å². The maximum atomic E-state index is 4.71. The number of benzene rings is 1. The fourth-order valence-corrected chi connectivity index (χ4v) is 4.66. The number of nitrogens with zero attached hydrogens (tertiary/aromatic N) is 3. The highest BCUT2D eigenvalue weighted by Gasteiger charge is 2.24. The molecule has 0 bridgehead atoms. The number of anilines is 1. The van der Waals surface area contributed by atoms with Gasteiger partial charge in [-0.05, 0) is 43.2 Å². The van der Waals surface area contributed by atoms with Crippen LogP contribution in [-0.2, 0) is 0 Å². The number of fused-ring (bicyclic) bond motifs is 1. The zero-order valence-corrected chi connectivity index (χ0v) is 16.0. The predicted octanol–water partition coefficient (Wildman–Crippen LogP) is 5.86. The lowest BCUT2D eigenvalue weighted by Crippen LogP contribution is -2.38. The van der Waals surface area contributed by atoms with Gasteiger partial charge in [-0.15, -0.1) is 11.3 Å². The molecule has 0 saturated carbocycles. The maximum Gasteiger partial charge on any atom is 0.141 e. The van der Waals surface area contributed by atoms with Crippen molar-refractivity contribution in [1.29, 1.82) is 0 Å². The molecule has 0 aliphatic carbocycles. The molecule has 25 heavy (non-hydrogen) atoms. The van der Waals surface area contributed by atoms with Crippen LogP contribution in [0.4, 0.5) is 5.82 Å². The van der Waals surface area contributed by atoms with Gasteiger partial charge in [0.2, 0.25) is 0 Å². The molecule has 0 spiro atoms. The van der Waals surface area contributed by atoms with Crippen LogP contribution in [0.1, 0.15) is 51.5 Å². The number of hydrogen-bond donors (Lipinski definition) is 0. The lowest BCUT2D eigenvalue weighted by molar-refractivity contribution is 0.482. The first kappa shape index (κ1) is 16.5. The van der Waals surface area contributed by atoms with Gasteiger partial charge in [-0.2, -0.15) is 0 Å². The second-order valence-corrected chi connectivity index (χ2v) is 8.20. The quantitative estimate of drug-likeness (QED) is 0.592. The van der Waals surface area contributed by atoms with Gasteiger partial charge in [0.05, 0.1) is 5.39 Å². The van der Waals surface area contributed by atoms with Gasteiger partial charge in [-0.3, -0.25) is 0 Å². The lowest BCUT2D eigenvalue weighted by atomic mass is 9.98. The van der Waals surface area contributed by atoms with Crippen molar-refractivity contribution < 1.29 is 0 Å². The third-order valence-electron chi connectivity index (χ3n) is 5.31. The van der Waals surface area contributed by atoms with Crippen LogP contribution in [0.3, 0.4) is 0 Å². The van der Waals surface area contributed by atoms with E-state index in [0.717, 1.165) is 17.2 Å². The summed E-state index contributed by atoms with van der Waals surface area (Å²) < 4.78 is 0. The van der Waals surface area contributed by atoms with Crippen molar-refractivity contribution in [2.45, 2.75) is 52.0 Å². The van der Waals surface area contributed by atoms with Gasteiger partial charge in [0.15, 0.2) is 0 Å². The van der Waals surface area contributed by atoms with Gasteiger partial charge in [0.25, 0.3) is 0 Å². The van der Waals surface area contributed by atoms with E-state index >= 15 is 0 Å². The number of rotatable bonds is 3. The van der Waals surface area contributed by atoms with Crippen LogP contribution in [0.5, 0.6) is 0 Å². The third-order valence-corrected chi connectivity index (χ3v) is 6.20. The molecule has 0 amide bonds. The third kappa shape index (κ3) is 3.04. The van der Waals surface area contributed by atoms with Crippen LogP contribution in [-0.4, -0.2) is 22.6 Å². The number of aromatic nitrogens is 2. The number of piperidine rings is 1. The minimum absolute atomic E-state index is 0.544. The van der Waals surface area contributed by atoms with E-state index in [0.29, 0.717) is 12.0 Å². The second-order valence-electron chi connectivity index (χ2n) is 7.34. The first-order chi connectivity index (χ1) is 12.1. The fourth-order valence-electron chi connectivity index (χ4n) is 3.75. The van der Waals surface area contributed by atoms with Crippen LogP contribution >= 0.6 is 11.3 Å². The summed E-state index contributed by atoms with van der Waals surface area (Å²) >= 11 is 1.72. The summed E-state index contributed by atoms with van der Waals surface area (Å²) in [5.41, 5.74) is 3.91. The Bertz CT molecular complexity index is 866. The summed E-state index contributed by atoms with van der Waals surface area (Å²) in [7, 11) is 0. The predicted molar refractivity (Wildman–Crippen MR) is 108 cm³/mol. The van der Waals surface area contributed by atoms with Crippen LogP contribution < -0.4 is 4.90 Å². The zero-order valence-electron chi connectivity index (χ0n) is 15.2. The van der Waals surface area contributed by atoms with E-state index in [9.17, 15) is 0 Å². The van der Waals surface area contributed by atoms with E-state index in [-0.39, 0.29) is 0 Å².